The Labute approximate surface area is 418 Å². The van der Waals surface area contributed by atoms with Crippen LogP contribution in [0.2, 0.25) is 0 Å². The van der Waals surface area contributed by atoms with Crippen molar-refractivity contribution in [1.82, 2.24) is 5.32 Å². The lowest BCUT2D eigenvalue weighted by molar-refractivity contribution is -0.870. The lowest BCUT2D eigenvalue weighted by Gasteiger charge is -2.25. The molecule has 0 aromatic heterocycles. The first-order valence-electron chi connectivity index (χ1n) is 26.9. The molecule has 0 saturated heterocycles. The smallest absolute Gasteiger partial charge is 0.387 e. The molecule has 3 unspecified atom stereocenters. The summed E-state index contributed by atoms with van der Waals surface area (Å²) in [4.78, 5) is 23.2. The minimum absolute atomic E-state index is 0.0438. The highest BCUT2D eigenvalue weighted by atomic mass is 31.2. The maximum absolute atomic E-state index is 12.9. The molecule has 0 aromatic carbocycles. The van der Waals surface area contributed by atoms with Gasteiger partial charge in [0, 0.05) is 6.42 Å². The molecule has 0 spiro atoms. The highest BCUT2D eigenvalue weighted by Crippen LogP contribution is 2.43. The zero-order chi connectivity index (χ0) is 49.9. The molecule has 0 aliphatic carbocycles. The van der Waals surface area contributed by atoms with Crippen molar-refractivity contribution in [3.8, 4) is 0 Å². The van der Waals surface area contributed by atoms with Gasteiger partial charge < -0.3 is 19.8 Å². The number of hydrogen-bond acceptors (Lipinski definition) is 5. The van der Waals surface area contributed by atoms with Gasteiger partial charge in [0.25, 0.3) is 0 Å². The molecule has 0 aliphatic heterocycles. The first kappa shape index (κ1) is 64.9. The lowest BCUT2D eigenvalue weighted by Crippen LogP contribution is -2.45. The van der Waals surface area contributed by atoms with E-state index >= 15 is 0 Å². The van der Waals surface area contributed by atoms with Crippen LogP contribution in [0.5, 0.6) is 0 Å². The fourth-order valence-electron chi connectivity index (χ4n) is 6.98. The SMILES string of the molecule is CC/C=C\C/C=C\C/C=C\C/C=C\C/C=C\C/C=C\C/C=C\C/C=C\C/C=C\CCCC(=O)NC(COP(=O)(O)OCC[N+](C)(C)C)C(O)/C=C/CCCCCCCCCCCCCCCCC. The first-order valence-corrected chi connectivity index (χ1v) is 28.4. The van der Waals surface area contributed by atoms with Crippen LogP contribution in [0.15, 0.2) is 122 Å². The number of unbranched alkanes of at least 4 members (excludes halogenated alkanes) is 16. The molecule has 388 valence electrons. The number of carbonyl (C=O) groups excluding carboxylic acids is 1. The predicted molar refractivity (Wildman–Crippen MR) is 295 cm³/mol. The number of nitrogens with zero attached hydrogens (tertiary/aromatic N) is 1. The van der Waals surface area contributed by atoms with Crippen LogP contribution in [0.3, 0.4) is 0 Å². The Kier molecular flexibility index (Phi) is 46.7. The van der Waals surface area contributed by atoms with Crippen LogP contribution in [0.25, 0.3) is 0 Å². The first-order chi connectivity index (χ1) is 33.0. The van der Waals surface area contributed by atoms with Crippen LogP contribution in [0, 0.1) is 0 Å². The normalized spacial score (nSPS) is 15.0. The van der Waals surface area contributed by atoms with Gasteiger partial charge in [0.2, 0.25) is 5.91 Å². The van der Waals surface area contributed by atoms with Gasteiger partial charge in [0.05, 0.1) is 39.9 Å². The minimum Gasteiger partial charge on any atom is -0.387 e. The van der Waals surface area contributed by atoms with Crippen molar-refractivity contribution in [2.45, 2.75) is 206 Å². The second-order valence-corrected chi connectivity index (χ2v) is 20.3. The highest BCUT2D eigenvalue weighted by Gasteiger charge is 2.27. The van der Waals surface area contributed by atoms with Gasteiger partial charge in [-0.05, 0) is 83.5 Å². The average molecular weight is 966 g/mol. The molecule has 0 fully saturated rings. The zero-order valence-corrected chi connectivity index (χ0v) is 44.9. The van der Waals surface area contributed by atoms with Crippen molar-refractivity contribution in [2.24, 2.45) is 0 Å². The summed E-state index contributed by atoms with van der Waals surface area (Å²) < 4.78 is 23.6. The van der Waals surface area contributed by atoms with Gasteiger partial charge in [-0.15, -0.1) is 0 Å². The standard InChI is InChI=1S/C59H101N2O6P/c1-6-8-10-12-14-16-18-20-22-24-25-26-27-28-29-30-31-32-33-34-35-37-39-41-43-45-47-49-51-53-59(63)60-57(56-67-68(64,65)66-55-54-61(3,4)5)58(62)52-50-48-46-44-42-40-38-36-23-21-19-17-15-13-11-9-7-2/h8,10,14,16,20,22,25-26,28-29,31-32,34-35,39,41,45,47,50,52,57-58,62H,6-7,9,11-13,15,17-19,21,23-24,27,30,33,36-38,40,42-44,46,48-49,51,53-56H2,1-5H3,(H-,60,63,64,65)/p+1/b10-8-,16-14-,22-20-,26-25-,29-28-,32-31-,35-34-,41-39-,47-45-,52-50+. The van der Waals surface area contributed by atoms with Gasteiger partial charge in [-0.1, -0.05) is 225 Å². The summed E-state index contributed by atoms with van der Waals surface area (Å²) in [5, 5.41) is 13.9. The third-order valence-electron chi connectivity index (χ3n) is 11.2. The molecule has 8 nitrogen and oxygen atoms in total. The van der Waals surface area contributed by atoms with E-state index in [0.29, 0.717) is 17.4 Å². The van der Waals surface area contributed by atoms with Crippen molar-refractivity contribution in [2.75, 3.05) is 40.9 Å². The summed E-state index contributed by atoms with van der Waals surface area (Å²) in [7, 11) is 1.52. The molecule has 0 saturated carbocycles. The molecule has 3 atom stereocenters. The van der Waals surface area contributed by atoms with Gasteiger partial charge in [0.15, 0.2) is 0 Å². The Hall–Kier alpha value is -3.10. The third kappa shape index (κ3) is 50.8. The molecule has 3 N–H and O–H groups in total. The monoisotopic (exact) mass is 966 g/mol. The molecular weight excluding hydrogens is 864 g/mol. The van der Waals surface area contributed by atoms with E-state index in [2.05, 4.69) is 129 Å². The quantitative estimate of drug-likeness (QED) is 0.0243. The van der Waals surface area contributed by atoms with Crippen LogP contribution < -0.4 is 5.32 Å². The predicted octanol–water partition coefficient (Wildman–Crippen LogP) is 16.2. The van der Waals surface area contributed by atoms with Gasteiger partial charge >= 0.3 is 7.82 Å². The van der Waals surface area contributed by atoms with Crippen LogP contribution in [-0.4, -0.2) is 73.4 Å². The lowest BCUT2D eigenvalue weighted by atomic mass is 10.0. The summed E-state index contributed by atoms with van der Waals surface area (Å²) in [5.41, 5.74) is 0. The van der Waals surface area contributed by atoms with Gasteiger partial charge in [-0.2, -0.15) is 0 Å². The van der Waals surface area contributed by atoms with Crippen molar-refractivity contribution >= 4 is 13.7 Å². The second-order valence-electron chi connectivity index (χ2n) is 18.9. The number of quaternary nitrogens is 1. The summed E-state index contributed by atoms with van der Waals surface area (Å²) in [6, 6.07) is -0.886. The van der Waals surface area contributed by atoms with Crippen LogP contribution in [0.4, 0.5) is 0 Å². The Morgan fingerprint density at radius 3 is 1.28 bits per heavy atom. The number of phosphoric acid groups is 1. The fourth-order valence-corrected chi connectivity index (χ4v) is 7.72. The van der Waals surface area contributed by atoms with E-state index in [-0.39, 0.29) is 25.5 Å². The molecule has 9 heteroatoms. The van der Waals surface area contributed by atoms with Crippen molar-refractivity contribution in [3.05, 3.63) is 122 Å². The van der Waals surface area contributed by atoms with E-state index in [1.54, 1.807) is 6.08 Å². The number of hydrogen-bond donors (Lipinski definition) is 3. The molecule has 68 heavy (non-hydrogen) atoms. The summed E-state index contributed by atoms with van der Waals surface area (Å²) >= 11 is 0. The second kappa shape index (κ2) is 48.9. The van der Waals surface area contributed by atoms with E-state index in [4.69, 9.17) is 9.05 Å². The zero-order valence-electron chi connectivity index (χ0n) is 44.0. The maximum atomic E-state index is 12.9. The number of carbonyl (C=O) groups is 1. The molecule has 0 aliphatic rings. The Balaban J connectivity index is 4.42. The van der Waals surface area contributed by atoms with Crippen LogP contribution >= 0.6 is 7.82 Å². The number of phosphoric ester groups is 1. The summed E-state index contributed by atoms with van der Waals surface area (Å²) in [5.74, 6) is -0.240. The van der Waals surface area contributed by atoms with E-state index in [9.17, 15) is 19.4 Å². The molecule has 0 heterocycles. The topological polar surface area (TPSA) is 105 Å². The van der Waals surface area contributed by atoms with Gasteiger partial charge in [0.1, 0.15) is 13.2 Å². The fraction of sp³-hybridized carbons (Fsp3) is 0.644. The van der Waals surface area contributed by atoms with E-state index in [1.807, 2.05) is 27.2 Å². The maximum Gasteiger partial charge on any atom is 0.472 e. The Morgan fingerprint density at radius 1 is 0.515 bits per heavy atom. The number of likely N-dealkylation sites (N-methyl/N-ethyl adjacent to an activating group) is 1. The van der Waals surface area contributed by atoms with Crippen molar-refractivity contribution in [1.29, 1.82) is 0 Å². The Bertz CT molecular complexity index is 1510. The summed E-state index contributed by atoms with van der Waals surface area (Å²) in [6.45, 7) is 4.64. The number of allylic oxidation sites excluding steroid dienone is 19. The molecular formula is C59H102N2O6P+. The number of aliphatic hydroxyl groups is 1. The molecule has 0 radical (unpaired) electrons. The average Bonchev–Trinajstić information content (AvgIpc) is 3.30. The molecule has 1 amide bonds. The van der Waals surface area contributed by atoms with E-state index < -0.39 is 20.0 Å². The van der Waals surface area contributed by atoms with Crippen LogP contribution in [-0.2, 0) is 18.4 Å². The van der Waals surface area contributed by atoms with Crippen molar-refractivity contribution < 1.29 is 32.9 Å². The van der Waals surface area contributed by atoms with Gasteiger partial charge in [-0.25, -0.2) is 4.57 Å². The Morgan fingerprint density at radius 2 is 0.882 bits per heavy atom. The number of amides is 1. The largest absolute Gasteiger partial charge is 0.472 e. The third-order valence-corrected chi connectivity index (χ3v) is 12.2. The number of aliphatic hydroxyl groups excluding tert-OH is 1. The van der Waals surface area contributed by atoms with Crippen molar-refractivity contribution in [3.63, 3.8) is 0 Å². The minimum atomic E-state index is -4.37. The molecule has 0 bridgehead atoms. The van der Waals surface area contributed by atoms with E-state index in [1.165, 1.54) is 83.5 Å². The van der Waals surface area contributed by atoms with Gasteiger partial charge in [-0.3, -0.25) is 13.8 Å². The number of rotatable bonds is 47. The molecule has 0 aromatic rings. The summed E-state index contributed by atoms with van der Waals surface area (Å²) in [6.07, 6.45) is 72.9. The molecule has 0 rings (SSSR count). The number of nitrogens with one attached hydrogen (secondary N) is 1. The highest BCUT2D eigenvalue weighted by molar-refractivity contribution is 7.47. The van der Waals surface area contributed by atoms with E-state index in [0.717, 1.165) is 83.5 Å². The van der Waals surface area contributed by atoms with Crippen LogP contribution in [0.1, 0.15) is 194 Å².